The van der Waals surface area contributed by atoms with Crippen molar-refractivity contribution in [2.45, 2.75) is 13.0 Å². The van der Waals surface area contributed by atoms with Gasteiger partial charge in [0.05, 0.1) is 0 Å². The third-order valence-electron chi connectivity index (χ3n) is 3.13. The van der Waals surface area contributed by atoms with E-state index in [0.717, 1.165) is 0 Å². The summed E-state index contributed by atoms with van der Waals surface area (Å²) in [5, 5.41) is 10.8. The van der Waals surface area contributed by atoms with Crippen molar-refractivity contribution in [2.75, 3.05) is 13.2 Å². The Morgan fingerprint density at radius 2 is 2.05 bits per heavy atom. The van der Waals surface area contributed by atoms with Crippen molar-refractivity contribution in [1.29, 1.82) is 0 Å². The second kappa shape index (κ2) is 6.20. The lowest BCUT2D eigenvalue weighted by molar-refractivity contribution is -0.138. The van der Waals surface area contributed by atoms with E-state index in [-0.39, 0.29) is 19.1 Å². The molecule has 1 aromatic carbocycles. The van der Waals surface area contributed by atoms with Gasteiger partial charge in [-0.1, -0.05) is 11.8 Å². The fourth-order valence-corrected chi connectivity index (χ4v) is 1.97. The number of carbonyl (C=O) groups excluding carboxylic acids is 3. The van der Waals surface area contributed by atoms with Gasteiger partial charge in [-0.05, 0) is 31.2 Å². The number of aliphatic hydroxyl groups is 1. The lowest BCUT2D eigenvalue weighted by Crippen LogP contribution is -2.58. The largest absolute Gasteiger partial charge is 0.384 e. The van der Waals surface area contributed by atoms with Crippen molar-refractivity contribution in [3.63, 3.8) is 0 Å². The van der Waals surface area contributed by atoms with Crippen LogP contribution in [0.5, 0.6) is 0 Å². The van der Waals surface area contributed by atoms with E-state index in [4.69, 9.17) is 5.11 Å². The summed E-state index contributed by atoms with van der Waals surface area (Å²) in [4.78, 5) is 36.5. The van der Waals surface area contributed by atoms with E-state index in [9.17, 15) is 14.4 Å². The maximum Gasteiger partial charge on any atom is 0.254 e. The number of carbonyl (C=O) groups is 3. The molecule has 0 saturated carbocycles. The second-order valence-electron chi connectivity index (χ2n) is 4.56. The number of rotatable bonds is 1. The van der Waals surface area contributed by atoms with E-state index in [2.05, 4.69) is 17.2 Å². The van der Waals surface area contributed by atoms with Gasteiger partial charge in [0.1, 0.15) is 19.2 Å². The molecule has 0 bridgehead atoms. The Bertz CT molecular complexity index is 640. The van der Waals surface area contributed by atoms with Crippen LogP contribution in [0.2, 0.25) is 0 Å². The molecule has 1 unspecified atom stereocenters. The van der Waals surface area contributed by atoms with Crippen molar-refractivity contribution < 1.29 is 19.5 Å². The maximum atomic E-state index is 12.3. The van der Waals surface area contributed by atoms with Crippen LogP contribution >= 0.6 is 0 Å². The molecule has 2 N–H and O–H groups in total. The molecule has 0 aromatic heterocycles. The van der Waals surface area contributed by atoms with Gasteiger partial charge in [0, 0.05) is 11.1 Å². The number of hydrogen-bond acceptors (Lipinski definition) is 4. The van der Waals surface area contributed by atoms with E-state index < -0.39 is 17.9 Å². The van der Waals surface area contributed by atoms with Crippen LogP contribution in [-0.2, 0) is 9.59 Å². The standard InChI is InChI=1S/C15H14N2O4/c1-10-14(20)16-13(19)9-17(10)15(21)12-6-4-11(5-7-12)3-2-8-18/h4-7,10,18H,8-9H2,1H3,(H,16,19,20). The zero-order chi connectivity index (χ0) is 15.4. The first-order valence-electron chi connectivity index (χ1n) is 6.37. The van der Waals surface area contributed by atoms with Gasteiger partial charge in [-0.25, -0.2) is 0 Å². The summed E-state index contributed by atoms with van der Waals surface area (Å²) in [6.45, 7) is 1.20. The van der Waals surface area contributed by atoms with Crippen molar-refractivity contribution in [3.8, 4) is 11.8 Å². The highest BCUT2D eigenvalue weighted by atomic mass is 16.2. The van der Waals surface area contributed by atoms with Crippen LogP contribution < -0.4 is 5.32 Å². The van der Waals surface area contributed by atoms with Gasteiger partial charge in [0.25, 0.3) is 5.91 Å². The molecule has 0 radical (unpaired) electrons. The molecule has 1 saturated heterocycles. The lowest BCUT2D eigenvalue weighted by atomic mass is 10.1. The van der Waals surface area contributed by atoms with Crippen LogP contribution in [0.25, 0.3) is 0 Å². The SMILES string of the molecule is CC1C(=O)NC(=O)CN1C(=O)c1ccc(C#CCO)cc1. The summed E-state index contributed by atoms with van der Waals surface area (Å²) in [7, 11) is 0. The maximum absolute atomic E-state index is 12.3. The molecule has 6 nitrogen and oxygen atoms in total. The number of aliphatic hydroxyl groups excluding tert-OH is 1. The van der Waals surface area contributed by atoms with Crippen LogP contribution in [-0.4, -0.2) is 46.9 Å². The molecule has 1 fully saturated rings. The van der Waals surface area contributed by atoms with E-state index in [1.165, 1.54) is 4.90 Å². The molecule has 3 amide bonds. The minimum Gasteiger partial charge on any atom is -0.384 e. The van der Waals surface area contributed by atoms with E-state index >= 15 is 0 Å². The smallest absolute Gasteiger partial charge is 0.254 e. The number of piperazine rings is 1. The van der Waals surface area contributed by atoms with Gasteiger partial charge in [0.2, 0.25) is 11.8 Å². The molecule has 21 heavy (non-hydrogen) atoms. The van der Waals surface area contributed by atoms with Gasteiger partial charge in [-0.3, -0.25) is 19.7 Å². The molecular weight excluding hydrogens is 272 g/mol. The molecule has 1 aromatic rings. The summed E-state index contributed by atoms with van der Waals surface area (Å²) in [5.41, 5.74) is 1.04. The number of imide groups is 1. The highest BCUT2D eigenvalue weighted by Gasteiger charge is 2.33. The molecule has 1 aliphatic heterocycles. The summed E-state index contributed by atoms with van der Waals surface area (Å²) in [6.07, 6.45) is 0. The van der Waals surface area contributed by atoms with Crippen molar-refractivity contribution in [2.24, 2.45) is 0 Å². The Morgan fingerprint density at radius 3 is 2.67 bits per heavy atom. The number of nitrogens with zero attached hydrogens (tertiary/aromatic N) is 1. The predicted molar refractivity (Wildman–Crippen MR) is 74.1 cm³/mol. The first-order valence-corrected chi connectivity index (χ1v) is 6.37. The third kappa shape index (κ3) is 3.27. The topological polar surface area (TPSA) is 86.7 Å². The summed E-state index contributed by atoms with van der Waals surface area (Å²) in [6, 6.07) is 5.75. The van der Waals surface area contributed by atoms with E-state index in [1.807, 2.05) is 0 Å². The average Bonchev–Trinajstić information content (AvgIpc) is 2.48. The van der Waals surface area contributed by atoms with E-state index in [0.29, 0.717) is 11.1 Å². The van der Waals surface area contributed by atoms with Crippen molar-refractivity contribution in [1.82, 2.24) is 10.2 Å². The van der Waals surface area contributed by atoms with Crippen LogP contribution in [0.1, 0.15) is 22.8 Å². The Kier molecular flexibility index (Phi) is 4.36. The predicted octanol–water partition coefficient (Wildman–Crippen LogP) is -0.483. The number of amides is 3. The third-order valence-corrected chi connectivity index (χ3v) is 3.13. The molecule has 6 heteroatoms. The number of hydrogen-bond donors (Lipinski definition) is 2. The molecule has 0 aliphatic carbocycles. The van der Waals surface area contributed by atoms with Crippen molar-refractivity contribution in [3.05, 3.63) is 35.4 Å². The van der Waals surface area contributed by atoms with Gasteiger partial charge < -0.3 is 10.0 Å². The summed E-state index contributed by atoms with van der Waals surface area (Å²) in [5.74, 6) is 3.88. The Hall–Kier alpha value is -2.65. The fourth-order valence-electron chi connectivity index (χ4n) is 1.97. The normalized spacial score (nSPS) is 17.8. The molecule has 1 aliphatic rings. The van der Waals surface area contributed by atoms with Crippen molar-refractivity contribution >= 4 is 17.7 Å². The van der Waals surface area contributed by atoms with Gasteiger partial charge in [0.15, 0.2) is 0 Å². The zero-order valence-electron chi connectivity index (χ0n) is 11.4. The molecular formula is C15H14N2O4. The van der Waals surface area contributed by atoms with Crippen LogP contribution in [0, 0.1) is 11.8 Å². The number of benzene rings is 1. The first kappa shape index (κ1) is 14.8. The quantitative estimate of drug-likeness (QED) is 0.539. The Labute approximate surface area is 121 Å². The zero-order valence-corrected chi connectivity index (χ0v) is 11.4. The molecule has 108 valence electrons. The summed E-state index contributed by atoms with van der Waals surface area (Å²) >= 11 is 0. The molecule has 1 heterocycles. The van der Waals surface area contributed by atoms with Gasteiger partial charge >= 0.3 is 0 Å². The fraction of sp³-hybridized carbons (Fsp3) is 0.267. The summed E-state index contributed by atoms with van der Waals surface area (Å²) < 4.78 is 0. The minimum atomic E-state index is -0.691. The molecule has 0 spiro atoms. The number of nitrogens with one attached hydrogen (secondary N) is 1. The average molecular weight is 286 g/mol. The monoisotopic (exact) mass is 286 g/mol. The first-order chi connectivity index (χ1) is 10.0. The lowest BCUT2D eigenvalue weighted by Gasteiger charge is -2.31. The minimum absolute atomic E-state index is 0.141. The van der Waals surface area contributed by atoms with Gasteiger partial charge in [-0.15, -0.1) is 0 Å². The van der Waals surface area contributed by atoms with Gasteiger partial charge in [-0.2, -0.15) is 0 Å². The highest BCUT2D eigenvalue weighted by Crippen LogP contribution is 2.12. The van der Waals surface area contributed by atoms with E-state index in [1.54, 1.807) is 31.2 Å². The Balaban J connectivity index is 2.19. The molecule has 1 atom stereocenters. The highest BCUT2D eigenvalue weighted by molar-refractivity contribution is 6.07. The molecule has 2 rings (SSSR count). The van der Waals surface area contributed by atoms with Crippen LogP contribution in [0.4, 0.5) is 0 Å². The Morgan fingerprint density at radius 1 is 1.38 bits per heavy atom. The van der Waals surface area contributed by atoms with Crippen LogP contribution in [0.15, 0.2) is 24.3 Å². The second-order valence-corrected chi connectivity index (χ2v) is 4.56. The van der Waals surface area contributed by atoms with Crippen LogP contribution in [0.3, 0.4) is 0 Å².